The average Bonchev–Trinajstić information content (AvgIpc) is 2.16. The van der Waals surface area contributed by atoms with Crippen LogP contribution < -0.4 is 5.48 Å². The summed E-state index contributed by atoms with van der Waals surface area (Å²) in [6.07, 6.45) is 0.304. The lowest BCUT2D eigenvalue weighted by Crippen LogP contribution is -2.24. The maximum absolute atomic E-state index is 10.8. The lowest BCUT2D eigenvalue weighted by atomic mass is 10.4. The third kappa shape index (κ3) is 6.19. The number of carbonyl (C=O) groups is 2. The molecule has 1 N–H and O–H groups in total. The van der Waals surface area contributed by atoms with Gasteiger partial charge in [0.15, 0.2) is 0 Å². The van der Waals surface area contributed by atoms with Gasteiger partial charge in [-0.1, -0.05) is 13.5 Å². The van der Waals surface area contributed by atoms with E-state index in [0.717, 1.165) is 0 Å². The zero-order valence-electron chi connectivity index (χ0n) is 8.46. The van der Waals surface area contributed by atoms with E-state index in [4.69, 9.17) is 4.74 Å². The smallest absolute Gasteiger partial charge is 0.333 e. The Morgan fingerprint density at radius 2 is 2.07 bits per heavy atom. The summed E-state index contributed by atoms with van der Waals surface area (Å²) in [7, 11) is 0. The molecule has 0 saturated carbocycles. The zero-order valence-corrected chi connectivity index (χ0v) is 8.46. The maximum Gasteiger partial charge on any atom is 0.333 e. The van der Waals surface area contributed by atoms with E-state index in [-0.39, 0.29) is 19.1 Å². The monoisotopic (exact) mass is 201 g/mol. The van der Waals surface area contributed by atoms with E-state index in [9.17, 15) is 9.59 Å². The molecule has 0 aromatic carbocycles. The van der Waals surface area contributed by atoms with Gasteiger partial charge in [-0.2, -0.15) is 0 Å². The topological polar surface area (TPSA) is 64.6 Å². The molecule has 0 aliphatic heterocycles. The Kier molecular flexibility index (Phi) is 6.39. The molecule has 0 rings (SSSR count). The van der Waals surface area contributed by atoms with Crippen LogP contribution in [0.2, 0.25) is 0 Å². The number of hydrogen-bond donors (Lipinski definition) is 1. The lowest BCUT2D eigenvalue weighted by Gasteiger charge is -2.05. The number of nitrogens with one attached hydrogen (secondary N) is 1. The van der Waals surface area contributed by atoms with Crippen LogP contribution in [0.15, 0.2) is 12.2 Å². The first-order valence-electron chi connectivity index (χ1n) is 4.33. The average molecular weight is 201 g/mol. The highest BCUT2D eigenvalue weighted by Crippen LogP contribution is 1.90. The minimum absolute atomic E-state index is 0.142. The van der Waals surface area contributed by atoms with Crippen molar-refractivity contribution in [2.45, 2.75) is 20.3 Å². The highest BCUT2D eigenvalue weighted by molar-refractivity contribution is 5.86. The molecule has 0 saturated heterocycles. The van der Waals surface area contributed by atoms with Crippen LogP contribution in [0.5, 0.6) is 0 Å². The van der Waals surface area contributed by atoms with Crippen molar-refractivity contribution in [1.82, 2.24) is 5.48 Å². The summed E-state index contributed by atoms with van der Waals surface area (Å²) in [4.78, 5) is 26.0. The molecule has 0 atom stereocenters. The van der Waals surface area contributed by atoms with Crippen LogP contribution in [0.25, 0.3) is 0 Å². The fourth-order valence-corrected chi connectivity index (χ4v) is 0.512. The summed E-state index contributed by atoms with van der Waals surface area (Å²) in [6.45, 7) is 7.07. The number of hydroxylamine groups is 1. The van der Waals surface area contributed by atoms with E-state index < -0.39 is 5.97 Å². The van der Waals surface area contributed by atoms with Gasteiger partial charge < -0.3 is 9.57 Å². The number of carbonyl (C=O) groups excluding carboxylic acids is 2. The first-order valence-corrected chi connectivity index (χ1v) is 4.33. The second kappa shape index (κ2) is 7.08. The van der Waals surface area contributed by atoms with Crippen LogP contribution in [0.4, 0.5) is 0 Å². The molecule has 0 bridgehead atoms. The molecule has 0 amide bonds. The van der Waals surface area contributed by atoms with E-state index in [0.29, 0.717) is 12.0 Å². The molecule has 0 aromatic heterocycles. The molecule has 0 fully saturated rings. The molecule has 5 heteroatoms. The summed E-state index contributed by atoms with van der Waals surface area (Å²) in [5.41, 5.74) is 2.72. The fraction of sp³-hybridized carbons (Fsp3) is 0.556. The highest BCUT2D eigenvalue weighted by atomic mass is 16.7. The molecule has 0 spiro atoms. The summed E-state index contributed by atoms with van der Waals surface area (Å²) in [6, 6.07) is 0. The van der Waals surface area contributed by atoms with Gasteiger partial charge in [0.2, 0.25) is 0 Å². The van der Waals surface area contributed by atoms with Gasteiger partial charge >= 0.3 is 11.9 Å². The summed E-state index contributed by atoms with van der Waals surface area (Å²) >= 11 is 0. The minimum Gasteiger partial charge on any atom is -0.461 e. The van der Waals surface area contributed by atoms with E-state index >= 15 is 0 Å². The number of esters is 1. The van der Waals surface area contributed by atoms with Crippen LogP contribution in [0.1, 0.15) is 20.3 Å². The summed E-state index contributed by atoms with van der Waals surface area (Å²) in [5.74, 6) is -0.801. The van der Waals surface area contributed by atoms with Gasteiger partial charge in [0.05, 0.1) is 6.54 Å². The zero-order chi connectivity index (χ0) is 11.0. The third-order valence-electron chi connectivity index (χ3n) is 1.26. The summed E-state index contributed by atoms with van der Waals surface area (Å²) in [5, 5.41) is 0. The Hall–Kier alpha value is -1.36. The standard InChI is InChI=1S/C9H15NO4/c1-4-8(11)14-10-5-6-13-9(12)7(2)3/h10H,2,4-6H2,1,3H3. The van der Waals surface area contributed by atoms with Gasteiger partial charge in [-0.05, 0) is 6.92 Å². The predicted molar refractivity (Wildman–Crippen MR) is 50.2 cm³/mol. The van der Waals surface area contributed by atoms with Gasteiger partial charge in [0, 0.05) is 12.0 Å². The van der Waals surface area contributed by atoms with Gasteiger partial charge in [-0.15, -0.1) is 5.48 Å². The van der Waals surface area contributed by atoms with E-state index in [2.05, 4.69) is 16.9 Å². The molecule has 0 heterocycles. The first kappa shape index (κ1) is 12.6. The van der Waals surface area contributed by atoms with Crippen LogP contribution >= 0.6 is 0 Å². The van der Waals surface area contributed by atoms with Gasteiger partial charge in [0.25, 0.3) is 0 Å². The fourth-order valence-electron chi connectivity index (χ4n) is 0.512. The molecule has 5 nitrogen and oxygen atoms in total. The Morgan fingerprint density at radius 1 is 1.43 bits per heavy atom. The minimum atomic E-state index is -0.450. The van der Waals surface area contributed by atoms with Crippen LogP contribution in [0.3, 0.4) is 0 Å². The number of hydrogen-bond acceptors (Lipinski definition) is 5. The van der Waals surface area contributed by atoms with Gasteiger partial charge in [-0.3, -0.25) is 4.79 Å². The number of rotatable bonds is 6. The second-order valence-corrected chi connectivity index (χ2v) is 2.64. The van der Waals surface area contributed by atoms with Crippen LogP contribution in [-0.4, -0.2) is 25.1 Å². The van der Waals surface area contributed by atoms with Crippen molar-refractivity contribution in [2.24, 2.45) is 0 Å². The Balaban J connectivity index is 3.34. The van der Waals surface area contributed by atoms with Crippen molar-refractivity contribution in [1.29, 1.82) is 0 Å². The molecule has 0 aliphatic carbocycles. The lowest BCUT2D eigenvalue weighted by molar-refractivity contribution is -0.151. The normalized spacial score (nSPS) is 9.29. The van der Waals surface area contributed by atoms with Crippen molar-refractivity contribution in [3.63, 3.8) is 0 Å². The Labute approximate surface area is 83.0 Å². The molecule has 0 unspecified atom stereocenters. The Morgan fingerprint density at radius 3 is 2.57 bits per heavy atom. The van der Waals surface area contributed by atoms with Gasteiger partial charge in [-0.25, -0.2) is 4.79 Å². The number of ether oxygens (including phenoxy) is 1. The Bertz CT molecular complexity index is 225. The van der Waals surface area contributed by atoms with Crippen molar-refractivity contribution in [3.05, 3.63) is 12.2 Å². The third-order valence-corrected chi connectivity index (χ3v) is 1.26. The molecular formula is C9H15NO4. The molecule has 0 radical (unpaired) electrons. The molecule has 0 aliphatic rings. The van der Waals surface area contributed by atoms with Crippen molar-refractivity contribution < 1.29 is 19.2 Å². The van der Waals surface area contributed by atoms with Crippen molar-refractivity contribution in [2.75, 3.05) is 13.2 Å². The van der Waals surface area contributed by atoms with E-state index in [1.165, 1.54) is 0 Å². The van der Waals surface area contributed by atoms with Crippen molar-refractivity contribution in [3.8, 4) is 0 Å². The summed E-state index contributed by atoms with van der Waals surface area (Å²) < 4.78 is 4.73. The largest absolute Gasteiger partial charge is 0.461 e. The SMILES string of the molecule is C=C(C)C(=O)OCCNOC(=O)CC. The van der Waals surface area contributed by atoms with Crippen molar-refractivity contribution >= 4 is 11.9 Å². The molecule has 80 valence electrons. The molecule has 0 aromatic rings. The van der Waals surface area contributed by atoms with Crippen LogP contribution in [0, 0.1) is 0 Å². The second-order valence-electron chi connectivity index (χ2n) is 2.64. The molecular weight excluding hydrogens is 186 g/mol. The quantitative estimate of drug-likeness (QED) is 0.294. The maximum atomic E-state index is 10.8. The van der Waals surface area contributed by atoms with Crippen LogP contribution in [-0.2, 0) is 19.2 Å². The van der Waals surface area contributed by atoms with E-state index in [1.54, 1.807) is 13.8 Å². The van der Waals surface area contributed by atoms with E-state index in [1.807, 2.05) is 0 Å². The van der Waals surface area contributed by atoms with Gasteiger partial charge in [0.1, 0.15) is 6.61 Å². The first-order chi connectivity index (χ1) is 6.57. The highest BCUT2D eigenvalue weighted by Gasteiger charge is 2.02. The predicted octanol–water partition coefficient (Wildman–Crippen LogP) is 0.563. The molecule has 14 heavy (non-hydrogen) atoms.